The van der Waals surface area contributed by atoms with Crippen molar-refractivity contribution in [3.63, 3.8) is 0 Å². The van der Waals surface area contributed by atoms with Gasteiger partial charge in [0.15, 0.2) is 0 Å². The van der Waals surface area contributed by atoms with E-state index in [0.29, 0.717) is 12.1 Å². The molecule has 0 fully saturated rings. The zero-order valence-corrected chi connectivity index (χ0v) is 18.9. The van der Waals surface area contributed by atoms with E-state index in [1.54, 1.807) is 0 Å². The standard InChI is InChI=1S/C19H13Cl3F3N3O3S/c1-10(3-2-6-26)27-18(29)13-5-4-11(19(23,24)25)7-16(13)28-32(30,31)17-14(21)8-12(20)9-15(17)22/h4-5,7-9,28H,1-3H2,(H,27,29). The summed E-state index contributed by atoms with van der Waals surface area (Å²) >= 11 is 17.6. The molecule has 0 aliphatic rings. The highest BCUT2D eigenvalue weighted by molar-refractivity contribution is 7.93. The molecule has 6 nitrogen and oxygen atoms in total. The average Bonchev–Trinajstić information content (AvgIpc) is 2.63. The largest absolute Gasteiger partial charge is 0.416 e. The minimum atomic E-state index is -4.82. The number of anilines is 1. The molecule has 2 N–H and O–H groups in total. The van der Waals surface area contributed by atoms with Gasteiger partial charge in [-0.15, -0.1) is 0 Å². The Morgan fingerprint density at radius 3 is 2.25 bits per heavy atom. The molecule has 13 heteroatoms. The van der Waals surface area contributed by atoms with Crippen LogP contribution in [-0.2, 0) is 16.2 Å². The van der Waals surface area contributed by atoms with Gasteiger partial charge in [0.1, 0.15) is 4.90 Å². The molecule has 0 saturated carbocycles. The Kier molecular flexibility index (Phi) is 8.07. The SMILES string of the molecule is C=C(CCC#N)NC(=O)c1ccc(C(F)(F)F)cc1NS(=O)(=O)c1c(Cl)cc(Cl)cc1Cl. The molecule has 32 heavy (non-hydrogen) atoms. The predicted molar refractivity (Wildman–Crippen MR) is 115 cm³/mol. The van der Waals surface area contributed by atoms with Crippen LogP contribution in [0, 0.1) is 11.3 Å². The quantitative estimate of drug-likeness (QED) is 0.461. The van der Waals surface area contributed by atoms with Crippen molar-refractivity contribution < 1.29 is 26.4 Å². The molecular weight excluding hydrogens is 514 g/mol. The fraction of sp³-hybridized carbons (Fsp3) is 0.158. The molecule has 1 amide bonds. The van der Waals surface area contributed by atoms with Gasteiger partial charge in [-0.3, -0.25) is 9.52 Å². The van der Waals surface area contributed by atoms with Crippen molar-refractivity contribution in [1.29, 1.82) is 5.26 Å². The van der Waals surface area contributed by atoms with Crippen LogP contribution in [0.3, 0.4) is 0 Å². The van der Waals surface area contributed by atoms with Gasteiger partial charge in [-0.2, -0.15) is 18.4 Å². The molecule has 0 atom stereocenters. The van der Waals surface area contributed by atoms with Crippen molar-refractivity contribution in [2.24, 2.45) is 0 Å². The molecule has 0 heterocycles. The van der Waals surface area contributed by atoms with Crippen LogP contribution < -0.4 is 10.0 Å². The van der Waals surface area contributed by atoms with Gasteiger partial charge >= 0.3 is 6.18 Å². The van der Waals surface area contributed by atoms with Gasteiger partial charge in [0, 0.05) is 17.1 Å². The minimum absolute atomic E-state index is 0.0361. The maximum Gasteiger partial charge on any atom is 0.416 e. The Balaban J connectivity index is 2.54. The summed E-state index contributed by atoms with van der Waals surface area (Å²) < 4.78 is 67.3. The molecular formula is C19H13Cl3F3N3O3S. The van der Waals surface area contributed by atoms with Gasteiger partial charge in [-0.1, -0.05) is 41.4 Å². The number of hydrogen-bond acceptors (Lipinski definition) is 4. The number of sulfonamides is 1. The molecule has 0 saturated heterocycles. The van der Waals surface area contributed by atoms with Crippen LogP contribution in [0.1, 0.15) is 28.8 Å². The molecule has 2 aromatic rings. The van der Waals surface area contributed by atoms with Gasteiger partial charge in [0.05, 0.1) is 32.9 Å². The second-order valence-electron chi connectivity index (χ2n) is 6.28. The third kappa shape index (κ3) is 6.29. The fourth-order valence-electron chi connectivity index (χ4n) is 2.48. The van der Waals surface area contributed by atoms with E-state index in [9.17, 15) is 26.4 Å². The van der Waals surface area contributed by atoms with E-state index in [0.717, 1.165) is 18.2 Å². The molecule has 0 spiro atoms. The molecule has 0 bridgehead atoms. The minimum Gasteiger partial charge on any atom is -0.326 e. The van der Waals surface area contributed by atoms with Crippen molar-refractivity contribution >= 4 is 56.4 Å². The average molecular weight is 527 g/mol. The van der Waals surface area contributed by atoms with Crippen LogP contribution in [-0.4, -0.2) is 14.3 Å². The summed E-state index contributed by atoms with van der Waals surface area (Å²) in [5.74, 6) is -0.937. The number of nitrogens with zero attached hydrogens (tertiary/aromatic N) is 1. The molecule has 0 unspecified atom stereocenters. The summed E-state index contributed by atoms with van der Waals surface area (Å²) in [4.78, 5) is 11.9. The number of rotatable bonds is 7. The summed E-state index contributed by atoms with van der Waals surface area (Å²) in [5.41, 5.74) is -2.19. The Labute approximate surface area is 196 Å². The number of carbonyl (C=O) groups excluding carboxylic acids is 1. The molecule has 0 aliphatic carbocycles. The van der Waals surface area contributed by atoms with Gasteiger partial charge in [0.2, 0.25) is 0 Å². The number of carbonyl (C=O) groups is 1. The molecule has 2 aromatic carbocycles. The number of halogens is 6. The second kappa shape index (κ2) is 10.0. The number of amides is 1. The molecule has 2 rings (SSSR count). The van der Waals surface area contributed by atoms with Crippen LogP contribution in [0.4, 0.5) is 18.9 Å². The normalized spacial score (nSPS) is 11.5. The lowest BCUT2D eigenvalue weighted by molar-refractivity contribution is -0.137. The first-order chi connectivity index (χ1) is 14.8. The topological polar surface area (TPSA) is 99.1 Å². The summed E-state index contributed by atoms with van der Waals surface area (Å²) in [6.45, 7) is 3.55. The summed E-state index contributed by atoms with van der Waals surface area (Å²) in [6, 6.07) is 5.90. The number of allylic oxidation sites excluding steroid dienone is 1. The predicted octanol–water partition coefficient (Wildman–Crippen LogP) is 6.01. The number of nitriles is 1. The van der Waals surface area contributed by atoms with Gasteiger partial charge in [-0.25, -0.2) is 8.42 Å². The van der Waals surface area contributed by atoms with E-state index in [2.05, 4.69) is 11.9 Å². The lowest BCUT2D eigenvalue weighted by Crippen LogP contribution is -2.25. The van der Waals surface area contributed by atoms with Crippen molar-refractivity contribution in [3.8, 4) is 6.07 Å². The summed E-state index contributed by atoms with van der Waals surface area (Å²) in [5, 5.41) is 10.2. The number of alkyl halides is 3. The summed E-state index contributed by atoms with van der Waals surface area (Å²) in [7, 11) is -4.64. The van der Waals surface area contributed by atoms with E-state index in [-0.39, 0.29) is 33.6 Å². The monoisotopic (exact) mass is 525 g/mol. The lowest BCUT2D eigenvalue weighted by Gasteiger charge is -2.17. The van der Waals surface area contributed by atoms with Crippen molar-refractivity contribution in [2.75, 3.05) is 4.72 Å². The highest BCUT2D eigenvalue weighted by Crippen LogP contribution is 2.36. The molecule has 0 aliphatic heterocycles. The second-order valence-corrected chi connectivity index (χ2v) is 9.15. The number of hydrogen-bond donors (Lipinski definition) is 2. The first-order valence-electron chi connectivity index (χ1n) is 8.51. The van der Waals surface area contributed by atoms with Gasteiger partial charge < -0.3 is 5.32 Å². The zero-order chi connectivity index (χ0) is 24.3. The fourth-order valence-corrected chi connectivity index (χ4v) is 5.10. The van der Waals surface area contributed by atoms with Crippen LogP contribution in [0.2, 0.25) is 15.1 Å². The van der Waals surface area contributed by atoms with Crippen LogP contribution >= 0.6 is 34.8 Å². The van der Waals surface area contributed by atoms with Crippen LogP contribution in [0.25, 0.3) is 0 Å². The Hall–Kier alpha value is -2.45. The van der Waals surface area contributed by atoms with Crippen molar-refractivity contribution in [2.45, 2.75) is 23.9 Å². The number of nitrogens with one attached hydrogen (secondary N) is 2. The van der Waals surface area contributed by atoms with E-state index in [1.807, 2.05) is 10.8 Å². The first-order valence-corrected chi connectivity index (χ1v) is 11.1. The third-order valence-corrected chi connectivity index (χ3v) is 6.40. The maximum atomic E-state index is 13.2. The van der Waals surface area contributed by atoms with E-state index in [4.69, 9.17) is 40.1 Å². The lowest BCUT2D eigenvalue weighted by atomic mass is 10.1. The zero-order valence-electron chi connectivity index (χ0n) is 15.9. The highest BCUT2D eigenvalue weighted by Gasteiger charge is 2.33. The molecule has 0 aromatic heterocycles. The van der Waals surface area contributed by atoms with Crippen molar-refractivity contribution in [1.82, 2.24) is 5.32 Å². The van der Waals surface area contributed by atoms with Crippen LogP contribution in [0.15, 0.2) is 47.5 Å². The van der Waals surface area contributed by atoms with E-state index >= 15 is 0 Å². The smallest absolute Gasteiger partial charge is 0.326 e. The Morgan fingerprint density at radius 1 is 1.12 bits per heavy atom. The Morgan fingerprint density at radius 2 is 1.72 bits per heavy atom. The molecule has 170 valence electrons. The highest BCUT2D eigenvalue weighted by atomic mass is 35.5. The maximum absolute atomic E-state index is 13.2. The van der Waals surface area contributed by atoms with Crippen molar-refractivity contribution in [3.05, 3.63) is 68.8 Å². The Bertz CT molecular complexity index is 1200. The summed E-state index contributed by atoms with van der Waals surface area (Å²) in [6.07, 6.45) is -4.68. The molecule has 0 radical (unpaired) electrons. The van der Waals surface area contributed by atoms with Gasteiger partial charge in [-0.05, 0) is 36.8 Å². The third-order valence-electron chi connectivity index (χ3n) is 3.90. The van der Waals surface area contributed by atoms with E-state index in [1.165, 1.54) is 0 Å². The number of benzene rings is 2. The van der Waals surface area contributed by atoms with E-state index < -0.39 is 43.8 Å². The first kappa shape index (κ1) is 25.8. The van der Waals surface area contributed by atoms with Gasteiger partial charge in [0.25, 0.3) is 15.9 Å². The van der Waals surface area contributed by atoms with Crippen LogP contribution in [0.5, 0.6) is 0 Å².